The summed E-state index contributed by atoms with van der Waals surface area (Å²) in [7, 11) is 0. The van der Waals surface area contributed by atoms with Crippen LogP contribution >= 0.6 is 11.9 Å². The smallest absolute Gasteiger partial charge is 0.0236 e. The lowest BCUT2D eigenvalue weighted by molar-refractivity contribution is 0.144. The molecule has 2 aromatic rings. The van der Waals surface area contributed by atoms with Crippen LogP contribution in [0.15, 0.2) is 53.4 Å². The van der Waals surface area contributed by atoms with Crippen LogP contribution in [0.3, 0.4) is 0 Å². The maximum atomic E-state index is 2.72. The van der Waals surface area contributed by atoms with Gasteiger partial charge in [0.05, 0.1) is 0 Å². The number of aryl methyl sites for hydroxylation is 1. The Bertz CT molecular complexity index is 741. The van der Waals surface area contributed by atoms with Gasteiger partial charge in [0.25, 0.3) is 0 Å². The monoisotopic (exact) mass is 394 g/mol. The highest BCUT2D eigenvalue weighted by Crippen LogP contribution is 2.32. The number of rotatable bonds is 5. The Labute approximate surface area is 175 Å². The van der Waals surface area contributed by atoms with Gasteiger partial charge < -0.3 is 4.90 Å². The minimum absolute atomic E-state index is 0.893. The molecular weight excluding hydrogens is 360 g/mol. The Kier molecular flexibility index (Phi) is 6.77. The van der Waals surface area contributed by atoms with Crippen molar-refractivity contribution in [1.29, 1.82) is 0 Å². The van der Waals surface area contributed by atoms with E-state index in [2.05, 4.69) is 71.6 Å². The van der Waals surface area contributed by atoms with Crippen LogP contribution in [-0.4, -0.2) is 41.9 Å². The van der Waals surface area contributed by atoms with Gasteiger partial charge in [-0.1, -0.05) is 48.9 Å². The van der Waals surface area contributed by atoms with Gasteiger partial charge >= 0.3 is 0 Å². The van der Waals surface area contributed by atoms with E-state index in [0.29, 0.717) is 0 Å². The first-order valence-electron chi connectivity index (χ1n) is 11.0. The first-order chi connectivity index (χ1) is 13.7. The summed E-state index contributed by atoms with van der Waals surface area (Å²) in [5, 5.41) is 0. The molecule has 0 atom stereocenters. The Balaban J connectivity index is 1.28. The van der Waals surface area contributed by atoms with E-state index >= 15 is 0 Å². The lowest BCUT2D eigenvalue weighted by Crippen LogP contribution is -2.39. The van der Waals surface area contributed by atoms with Crippen LogP contribution in [-0.2, 0) is 0 Å². The van der Waals surface area contributed by atoms with Crippen molar-refractivity contribution in [3.8, 4) is 11.1 Å². The van der Waals surface area contributed by atoms with E-state index in [1.165, 1.54) is 80.0 Å². The van der Waals surface area contributed by atoms with Crippen LogP contribution in [0.5, 0.6) is 0 Å². The maximum absolute atomic E-state index is 2.72. The number of nitrogens with zero attached hydrogens (tertiary/aromatic N) is 2. The average Bonchev–Trinajstić information content (AvgIpc) is 2.72. The van der Waals surface area contributed by atoms with Crippen molar-refractivity contribution in [2.24, 2.45) is 11.8 Å². The maximum Gasteiger partial charge on any atom is 0.0236 e. The minimum atomic E-state index is 0.893. The van der Waals surface area contributed by atoms with E-state index < -0.39 is 0 Å². The third-order valence-electron chi connectivity index (χ3n) is 6.42. The Morgan fingerprint density at radius 1 is 0.857 bits per heavy atom. The van der Waals surface area contributed by atoms with Gasteiger partial charge in [0, 0.05) is 24.5 Å². The van der Waals surface area contributed by atoms with Crippen LogP contribution in [0.25, 0.3) is 11.1 Å². The summed E-state index contributed by atoms with van der Waals surface area (Å²) in [6.07, 6.45) is 5.48. The van der Waals surface area contributed by atoms with Crippen LogP contribution < -0.4 is 0 Å². The van der Waals surface area contributed by atoms with E-state index in [1.807, 2.05) is 11.9 Å². The van der Waals surface area contributed by atoms with Crippen LogP contribution in [0.2, 0.25) is 0 Å². The third kappa shape index (κ3) is 5.40. The molecule has 3 heteroatoms. The lowest BCUT2D eigenvalue weighted by atomic mass is 9.94. The van der Waals surface area contributed by atoms with Crippen molar-refractivity contribution < 1.29 is 0 Å². The summed E-state index contributed by atoms with van der Waals surface area (Å²) in [5.74, 6) is 1.83. The van der Waals surface area contributed by atoms with Crippen molar-refractivity contribution in [3.63, 3.8) is 0 Å². The van der Waals surface area contributed by atoms with E-state index in [0.717, 1.165) is 11.8 Å². The minimum Gasteiger partial charge on any atom is -0.303 e. The number of likely N-dealkylation sites (tertiary alicyclic amines) is 1. The lowest BCUT2D eigenvalue weighted by Gasteiger charge is -2.36. The summed E-state index contributed by atoms with van der Waals surface area (Å²) >= 11 is 1.94. The Morgan fingerprint density at radius 3 is 2.29 bits per heavy atom. The molecule has 2 nitrogen and oxygen atoms in total. The summed E-state index contributed by atoms with van der Waals surface area (Å²) in [6.45, 7) is 11.0. The van der Waals surface area contributed by atoms with Gasteiger partial charge in [0.2, 0.25) is 0 Å². The Morgan fingerprint density at radius 2 is 1.57 bits per heavy atom. The molecule has 2 aliphatic rings. The highest BCUT2D eigenvalue weighted by atomic mass is 32.2. The van der Waals surface area contributed by atoms with Gasteiger partial charge in [-0.25, -0.2) is 4.31 Å². The highest BCUT2D eigenvalue weighted by Gasteiger charge is 2.24. The van der Waals surface area contributed by atoms with Crippen molar-refractivity contribution in [2.75, 3.05) is 32.7 Å². The second-order valence-corrected chi connectivity index (χ2v) is 10.0. The number of benzene rings is 2. The summed E-state index contributed by atoms with van der Waals surface area (Å²) in [6, 6.07) is 17.9. The molecular formula is C25H34N2S. The summed E-state index contributed by atoms with van der Waals surface area (Å²) in [4.78, 5) is 4.08. The normalized spacial score (nSPS) is 20.5. The standard InChI is InChI=1S/C25H34N2S/c1-20-6-8-23(9-7-20)24-4-3-5-25(18-24)28-27-16-12-22(13-17-27)19-26-14-10-21(2)11-15-26/h3-9,18,21-22H,10-17,19H2,1-2H3. The van der Waals surface area contributed by atoms with E-state index in [9.17, 15) is 0 Å². The number of hydrogen-bond donors (Lipinski definition) is 0. The molecule has 0 amide bonds. The largest absolute Gasteiger partial charge is 0.303 e. The fourth-order valence-electron chi connectivity index (χ4n) is 4.42. The molecule has 0 spiro atoms. The van der Waals surface area contributed by atoms with Crippen molar-refractivity contribution >= 4 is 11.9 Å². The zero-order valence-electron chi connectivity index (χ0n) is 17.4. The van der Waals surface area contributed by atoms with Crippen molar-refractivity contribution in [3.05, 3.63) is 54.1 Å². The first-order valence-corrected chi connectivity index (χ1v) is 11.8. The molecule has 2 aliphatic heterocycles. The third-order valence-corrected chi connectivity index (χ3v) is 7.51. The molecule has 0 bridgehead atoms. The molecule has 0 N–H and O–H groups in total. The van der Waals surface area contributed by atoms with E-state index in [1.54, 1.807) is 0 Å². The summed E-state index contributed by atoms with van der Waals surface area (Å²) in [5.41, 5.74) is 3.94. The fourth-order valence-corrected chi connectivity index (χ4v) is 5.43. The molecule has 28 heavy (non-hydrogen) atoms. The molecule has 4 rings (SSSR count). The van der Waals surface area contributed by atoms with Crippen molar-refractivity contribution in [2.45, 2.75) is 44.4 Å². The molecule has 0 radical (unpaired) electrons. The molecule has 0 saturated carbocycles. The van der Waals surface area contributed by atoms with Crippen LogP contribution in [0, 0.1) is 18.8 Å². The first kappa shape index (κ1) is 20.0. The van der Waals surface area contributed by atoms with Crippen LogP contribution in [0.1, 0.15) is 38.2 Å². The van der Waals surface area contributed by atoms with Gasteiger partial charge in [-0.05, 0) is 92.7 Å². The second kappa shape index (κ2) is 9.47. The SMILES string of the molecule is Cc1ccc(-c2cccc(SN3CCC(CN4CCC(C)CC4)CC3)c2)cc1. The van der Waals surface area contributed by atoms with Crippen LogP contribution in [0.4, 0.5) is 0 Å². The van der Waals surface area contributed by atoms with Gasteiger partial charge in [-0.3, -0.25) is 0 Å². The van der Waals surface area contributed by atoms with Gasteiger partial charge in [0.1, 0.15) is 0 Å². The molecule has 0 unspecified atom stereocenters. The molecule has 2 saturated heterocycles. The molecule has 2 fully saturated rings. The van der Waals surface area contributed by atoms with Crippen molar-refractivity contribution in [1.82, 2.24) is 9.21 Å². The molecule has 0 aliphatic carbocycles. The van der Waals surface area contributed by atoms with Gasteiger partial charge in [0.15, 0.2) is 0 Å². The quantitative estimate of drug-likeness (QED) is 0.565. The van der Waals surface area contributed by atoms with E-state index in [-0.39, 0.29) is 0 Å². The van der Waals surface area contributed by atoms with Gasteiger partial charge in [-0.2, -0.15) is 0 Å². The summed E-state index contributed by atoms with van der Waals surface area (Å²) < 4.78 is 2.57. The number of hydrogen-bond acceptors (Lipinski definition) is 3. The molecule has 2 heterocycles. The Hall–Kier alpha value is -1.29. The van der Waals surface area contributed by atoms with Gasteiger partial charge in [-0.15, -0.1) is 0 Å². The van der Waals surface area contributed by atoms with E-state index in [4.69, 9.17) is 0 Å². The predicted octanol–water partition coefficient (Wildman–Crippen LogP) is 6.11. The second-order valence-electron chi connectivity index (χ2n) is 8.84. The molecule has 0 aromatic heterocycles. The molecule has 150 valence electrons. The number of piperidine rings is 2. The highest BCUT2D eigenvalue weighted by molar-refractivity contribution is 7.97. The average molecular weight is 395 g/mol. The topological polar surface area (TPSA) is 6.48 Å². The predicted molar refractivity (Wildman–Crippen MR) is 122 cm³/mol. The zero-order chi connectivity index (χ0) is 19.3. The fraction of sp³-hybridized carbons (Fsp3) is 0.520. The molecule has 2 aromatic carbocycles. The zero-order valence-corrected chi connectivity index (χ0v) is 18.3.